The fraction of sp³-hybridized carbons (Fsp3) is 0.0714. The van der Waals surface area contributed by atoms with Crippen LogP contribution in [0.5, 0.6) is 5.75 Å². The number of hydrogen-bond donors (Lipinski definition) is 1. The number of nitrogen functional groups attached to an aromatic ring is 1. The standard InChI is InChI=1S/C14H11ClN2O2/c1-18-12-5-2-8(6-10(12)15)14-17-11-4-3-9(16)7-13(11)19-14/h2-7H,16H2,1H3. The number of rotatable bonds is 2. The summed E-state index contributed by atoms with van der Waals surface area (Å²) in [5.41, 5.74) is 8.56. The molecule has 0 spiro atoms. The normalized spacial score (nSPS) is 10.8. The summed E-state index contributed by atoms with van der Waals surface area (Å²) in [4.78, 5) is 4.40. The van der Waals surface area contributed by atoms with Crippen LogP contribution in [0.2, 0.25) is 5.02 Å². The predicted octanol–water partition coefficient (Wildman–Crippen LogP) is 3.74. The number of benzene rings is 2. The SMILES string of the molecule is COc1ccc(-c2nc3ccc(N)cc3o2)cc1Cl. The van der Waals surface area contributed by atoms with Gasteiger partial charge in [0.25, 0.3) is 0 Å². The van der Waals surface area contributed by atoms with Gasteiger partial charge in [0.05, 0.1) is 12.1 Å². The minimum Gasteiger partial charge on any atom is -0.495 e. The summed E-state index contributed by atoms with van der Waals surface area (Å²) in [6.45, 7) is 0. The fourth-order valence-electron chi connectivity index (χ4n) is 1.86. The Labute approximate surface area is 114 Å². The van der Waals surface area contributed by atoms with Crippen LogP contribution >= 0.6 is 11.6 Å². The van der Waals surface area contributed by atoms with Gasteiger partial charge in [-0.2, -0.15) is 0 Å². The summed E-state index contributed by atoms with van der Waals surface area (Å²) in [7, 11) is 1.57. The average Bonchev–Trinajstić information content (AvgIpc) is 2.81. The Morgan fingerprint density at radius 1 is 1.21 bits per heavy atom. The molecule has 19 heavy (non-hydrogen) atoms. The molecular weight excluding hydrogens is 264 g/mol. The molecule has 96 valence electrons. The second-order valence-electron chi connectivity index (χ2n) is 4.10. The van der Waals surface area contributed by atoms with E-state index in [0.29, 0.717) is 27.9 Å². The topological polar surface area (TPSA) is 61.3 Å². The minimum absolute atomic E-state index is 0.505. The van der Waals surface area contributed by atoms with Gasteiger partial charge in [-0.3, -0.25) is 0 Å². The Balaban J connectivity index is 2.11. The van der Waals surface area contributed by atoms with Crippen molar-refractivity contribution in [3.8, 4) is 17.2 Å². The summed E-state index contributed by atoms with van der Waals surface area (Å²) in [5, 5.41) is 0.516. The minimum atomic E-state index is 0.505. The second kappa shape index (κ2) is 4.48. The van der Waals surface area contributed by atoms with E-state index in [0.717, 1.165) is 11.1 Å². The first-order chi connectivity index (χ1) is 9.17. The van der Waals surface area contributed by atoms with Crippen molar-refractivity contribution < 1.29 is 9.15 Å². The van der Waals surface area contributed by atoms with E-state index in [-0.39, 0.29) is 0 Å². The van der Waals surface area contributed by atoms with Gasteiger partial charge in [0.1, 0.15) is 11.3 Å². The lowest BCUT2D eigenvalue weighted by molar-refractivity contribution is 0.415. The molecule has 0 fully saturated rings. The number of ether oxygens (including phenoxy) is 1. The number of hydrogen-bond acceptors (Lipinski definition) is 4. The molecule has 2 N–H and O–H groups in total. The van der Waals surface area contributed by atoms with E-state index in [1.807, 2.05) is 12.1 Å². The van der Waals surface area contributed by atoms with Crippen molar-refractivity contribution in [1.82, 2.24) is 4.98 Å². The van der Waals surface area contributed by atoms with Crippen LogP contribution in [0, 0.1) is 0 Å². The summed E-state index contributed by atoms with van der Waals surface area (Å²) in [6.07, 6.45) is 0. The van der Waals surface area contributed by atoms with Crippen molar-refractivity contribution in [1.29, 1.82) is 0 Å². The van der Waals surface area contributed by atoms with E-state index in [4.69, 9.17) is 26.5 Å². The van der Waals surface area contributed by atoms with E-state index in [9.17, 15) is 0 Å². The van der Waals surface area contributed by atoms with E-state index in [2.05, 4.69) is 4.98 Å². The summed E-state index contributed by atoms with van der Waals surface area (Å²) >= 11 is 6.09. The van der Waals surface area contributed by atoms with Crippen molar-refractivity contribution >= 4 is 28.4 Å². The number of halogens is 1. The van der Waals surface area contributed by atoms with Crippen molar-refractivity contribution in [2.75, 3.05) is 12.8 Å². The Morgan fingerprint density at radius 3 is 2.79 bits per heavy atom. The summed E-state index contributed by atoms with van der Waals surface area (Å²) < 4.78 is 10.8. The van der Waals surface area contributed by atoms with Crippen LogP contribution in [-0.2, 0) is 0 Å². The molecule has 0 aliphatic rings. The molecule has 0 bridgehead atoms. The molecule has 1 aromatic heterocycles. The largest absolute Gasteiger partial charge is 0.495 e. The Morgan fingerprint density at radius 2 is 2.05 bits per heavy atom. The lowest BCUT2D eigenvalue weighted by Gasteiger charge is -2.03. The number of nitrogens with two attached hydrogens (primary N) is 1. The number of fused-ring (bicyclic) bond motifs is 1. The quantitative estimate of drug-likeness (QED) is 0.723. The van der Waals surface area contributed by atoms with E-state index in [1.165, 1.54) is 0 Å². The van der Waals surface area contributed by atoms with Crippen molar-refractivity contribution in [2.24, 2.45) is 0 Å². The molecule has 1 heterocycles. The van der Waals surface area contributed by atoms with Gasteiger partial charge in [0.2, 0.25) is 5.89 Å². The molecule has 3 rings (SSSR count). The Hall–Kier alpha value is -2.20. The van der Waals surface area contributed by atoms with Crippen LogP contribution in [-0.4, -0.2) is 12.1 Å². The maximum atomic E-state index is 6.09. The molecule has 2 aromatic carbocycles. The maximum absolute atomic E-state index is 6.09. The summed E-state index contributed by atoms with van der Waals surface area (Å²) in [5.74, 6) is 1.12. The third kappa shape index (κ3) is 2.11. The van der Waals surface area contributed by atoms with Gasteiger partial charge < -0.3 is 14.9 Å². The predicted molar refractivity (Wildman–Crippen MR) is 75.4 cm³/mol. The smallest absolute Gasteiger partial charge is 0.227 e. The molecule has 3 aromatic rings. The molecule has 4 nitrogen and oxygen atoms in total. The zero-order valence-electron chi connectivity index (χ0n) is 10.2. The Bertz CT molecular complexity index is 752. The van der Waals surface area contributed by atoms with Crippen LogP contribution in [0.3, 0.4) is 0 Å². The summed E-state index contributed by atoms with van der Waals surface area (Å²) in [6, 6.07) is 10.7. The molecule has 0 saturated heterocycles. The molecule has 0 aliphatic carbocycles. The van der Waals surface area contributed by atoms with Crippen molar-refractivity contribution in [3.05, 3.63) is 41.4 Å². The third-order valence-corrected chi connectivity index (χ3v) is 3.11. The van der Waals surface area contributed by atoms with Crippen LogP contribution in [0.4, 0.5) is 5.69 Å². The molecule has 5 heteroatoms. The molecule has 0 atom stereocenters. The van der Waals surface area contributed by atoms with Gasteiger partial charge in [0.15, 0.2) is 5.58 Å². The van der Waals surface area contributed by atoms with Crippen molar-refractivity contribution in [2.45, 2.75) is 0 Å². The van der Waals surface area contributed by atoms with Gasteiger partial charge in [-0.15, -0.1) is 0 Å². The van der Waals surface area contributed by atoms with Gasteiger partial charge >= 0.3 is 0 Å². The number of nitrogens with zero attached hydrogens (tertiary/aromatic N) is 1. The van der Waals surface area contributed by atoms with E-state index in [1.54, 1.807) is 31.4 Å². The number of methoxy groups -OCH3 is 1. The van der Waals surface area contributed by atoms with Gasteiger partial charge in [0, 0.05) is 17.3 Å². The monoisotopic (exact) mass is 274 g/mol. The second-order valence-corrected chi connectivity index (χ2v) is 4.50. The first-order valence-electron chi connectivity index (χ1n) is 5.67. The molecule has 0 unspecified atom stereocenters. The fourth-order valence-corrected chi connectivity index (χ4v) is 2.12. The molecule has 0 amide bonds. The van der Waals surface area contributed by atoms with E-state index >= 15 is 0 Å². The number of oxazole rings is 1. The first kappa shape index (κ1) is 11.9. The molecule has 0 radical (unpaired) electrons. The van der Waals surface area contributed by atoms with Crippen molar-refractivity contribution in [3.63, 3.8) is 0 Å². The van der Waals surface area contributed by atoms with Gasteiger partial charge in [-0.05, 0) is 30.3 Å². The number of anilines is 1. The van der Waals surface area contributed by atoms with Gasteiger partial charge in [-0.25, -0.2) is 4.98 Å². The highest BCUT2D eigenvalue weighted by Crippen LogP contribution is 2.31. The van der Waals surface area contributed by atoms with Crippen LogP contribution in [0.25, 0.3) is 22.6 Å². The average molecular weight is 275 g/mol. The van der Waals surface area contributed by atoms with Crippen LogP contribution < -0.4 is 10.5 Å². The highest BCUT2D eigenvalue weighted by Gasteiger charge is 2.10. The van der Waals surface area contributed by atoms with Crippen LogP contribution in [0.15, 0.2) is 40.8 Å². The van der Waals surface area contributed by atoms with Gasteiger partial charge in [-0.1, -0.05) is 11.6 Å². The molecular formula is C14H11ClN2O2. The number of aromatic nitrogens is 1. The third-order valence-electron chi connectivity index (χ3n) is 2.81. The molecule has 0 aliphatic heterocycles. The molecule has 0 saturated carbocycles. The highest BCUT2D eigenvalue weighted by molar-refractivity contribution is 6.32. The highest BCUT2D eigenvalue weighted by atomic mass is 35.5. The maximum Gasteiger partial charge on any atom is 0.227 e. The zero-order chi connectivity index (χ0) is 13.4. The van der Waals surface area contributed by atoms with E-state index < -0.39 is 0 Å². The lowest BCUT2D eigenvalue weighted by atomic mass is 10.2. The first-order valence-corrected chi connectivity index (χ1v) is 6.05. The van der Waals surface area contributed by atoms with Crippen LogP contribution in [0.1, 0.15) is 0 Å². The Kier molecular flexibility index (Phi) is 2.80. The zero-order valence-corrected chi connectivity index (χ0v) is 10.9. The lowest BCUT2D eigenvalue weighted by Crippen LogP contribution is -1.85.